The zero-order valence-corrected chi connectivity index (χ0v) is 18.9. The molecule has 0 saturated carbocycles. The van der Waals surface area contributed by atoms with Crippen molar-refractivity contribution in [2.45, 2.75) is 44.3 Å². The minimum Gasteiger partial charge on any atom is -0.462 e. The van der Waals surface area contributed by atoms with E-state index in [4.69, 9.17) is 4.74 Å². The summed E-state index contributed by atoms with van der Waals surface area (Å²) in [6, 6.07) is 9.62. The van der Waals surface area contributed by atoms with Gasteiger partial charge in [0, 0.05) is 23.9 Å². The molecule has 0 atom stereocenters. The number of aryl methyl sites for hydroxylation is 1. The Kier molecular flexibility index (Phi) is 7.03. The number of benzene rings is 1. The van der Waals surface area contributed by atoms with Crippen molar-refractivity contribution in [3.63, 3.8) is 0 Å². The Labute approximate surface area is 189 Å². The van der Waals surface area contributed by atoms with Crippen molar-refractivity contribution < 1.29 is 14.3 Å². The molecule has 0 aliphatic carbocycles. The average Bonchev–Trinajstić information content (AvgIpc) is 3.29. The third-order valence-corrected chi connectivity index (χ3v) is 6.88. The van der Waals surface area contributed by atoms with E-state index in [1.807, 2.05) is 35.7 Å². The van der Waals surface area contributed by atoms with Gasteiger partial charge < -0.3 is 14.6 Å². The third-order valence-electron chi connectivity index (χ3n) is 5.02. The SMILES string of the molecule is CCOC(=O)c1c(-c2ccccc2)csc1NC(=O)CSc1nnc2n1CCCCC2. The Bertz CT molecular complexity index is 1060. The van der Waals surface area contributed by atoms with Crippen LogP contribution in [-0.4, -0.2) is 39.0 Å². The number of esters is 1. The summed E-state index contributed by atoms with van der Waals surface area (Å²) in [5.41, 5.74) is 2.06. The molecule has 0 unspecified atom stereocenters. The smallest absolute Gasteiger partial charge is 0.341 e. The topological polar surface area (TPSA) is 86.1 Å². The molecule has 1 aliphatic heterocycles. The number of ether oxygens (including phenoxy) is 1. The number of anilines is 1. The zero-order valence-electron chi connectivity index (χ0n) is 17.3. The van der Waals surface area contributed by atoms with E-state index >= 15 is 0 Å². The Hall–Kier alpha value is -2.65. The van der Waals surface area contributed by atoms with Crippen molar-refractivity contribution >= 4 is 40.0 Å². The van der Waals surface area contributed by atoms with Crippen LogP contribution in [0.4, 0.5) is 5.00 Å². The first kappa shape index (κ1) is 21.6. The molecular formula is C22H24N4O3S2. The minimum absolute atomic E-state index is 0.192. The normalized spacial score (nSPS) is 13.3. The fraction of sp³-hybridized carbons (Fsp3) is 0.364. The van der Waals surface area contributed by atoms with Crippen molar-refractivity contribution in [3.05, 3.63) is 47.1 Å². The van der Waals surface area contributed by atoms with Crippen LogP contribution in [0.2, 0.25) is 0 Å². The molecule has 0 bridgehead atoms. The zero-order chi connectivity index (χ0) is 21.6. The van der Waals surface area contributed by atoms with Gasteiger partial charge in [0.25, 0.3) is 0 Å². The number of nitrogens with zero attached hydrogens (tertiary/aromatic N) is 3. The molecule has 0 radical (unpaired) electrons. The maximum Gasteiger partial charge on any atom is 0.341 e. The van der Waals surface area contributed by atoms with Gasteiger partial charge in [0.1, 0.15) is 16.4 Å². The molecule has 0 spiro atoms. The van der Waals surface area contributed by atoms with Gasteiger partial charge in [-0.1, -0.05) is 48.5 Å². The van der Waals surface area contributed by atoms with E-state index in [9.17, 15) is 9.59 Å². The number of carbonyl (C=O) groups excluding carboxylic acids is 2. The second kappa shape index (κ2) is 10.1. The number of hydrogen-bond donors (Lipinski definition) is 1. The highest BCUT2D eigenvalue weighted by Crippen LogP contribution is 2.36. The van der Waals surface area contributed by atoms with Gasteiger partial charge >= 0.3 is 5.97 Å². The molecule has 162 valence electrons. The van der Waals surface area contributed by atoms with Crippen LogP contribution in [0.25, 0.3) is 11.1 Å². The van der Waals surface area contributed by atoms with Gasteiger partial charge in [-0.25, -0.2) is 4.79 Å². The van der Waals surface area contributed by atoms with E-state index < -0.39 is 5.97 Å². The number of nitrogens with one attached hydrogen (secondary N) is 1. The lowest BCUT2D eigenvalue weighted by atomic mass is 10.0. The Morgan fingerprint density at radius 3 is 2.84 bits per heavy atom. The lowest BCUT2D eigenvalue weighted by Gasteiger charge is -2.09. The summed E-state index contributed by atoms with van der Waals surface area (Å²) in [6.07, 6.45) is 4.35. The highest BCUT2D eigenvalue weighted by atomic mass is 32.2. The lowest BCUT2D eigenvalue weighted by molar-refractivity contribution is -0.113. The van der Waals surface area contributed by atoms with Gasteiger partial charge in [-0.05, 0) is 25.3 Å². The predicted octanol–water partition coefficient (Wildman–Crippen LogP) is 4.64. The predicted molar refractivity (Wildman–Crippen MR) is 123 cm³/mol. The maximum atomic E-state index is 12.7. The molecule has 9 heteroatoms. The first-order chi connectivity index (χ1) is 15.2. The largest absolute Gasteiger partial charge is 0.462 e. The van der Waals surface area contributed by atoms with Crippen LogP contribution in [0.15, 0.2) is 40.9 Å². The molecule has 1 N–H and O–H groups in total. The van der Waals surface area contributed by atoms with E-state index in [0.29, 0.717) is 10.6 Å². The fourth-order valence-corrected chi connectivity index (χ4v) is 5.30. The highest BCUT2D eigenvalue weighted by molar-refractivity contribution is 7.99. The molecule has 3 aromatic rings. The molecule has 0 fully saturated rings. The average molecular weight is 457 g/mol. The standard InChI is InChI=1S/C22H24N4O3S2/c1-2-29-21(28)19-16(15-9-5-3-6-10-15)13-30-20(19)23-18(27)14-31-22-25-24-17-11-7-4-8-12-26(17)22/h3,5-6,9-10,13H,2,4,7-8,11-12,14H2,1H3,(H,23,27). The van der Waals surface area contributed by atoms with E-state index in [-0.39, 0.29) is 18.3 Å². The van der Waals surface area contributed by atoms with E-state index in [1.165, 1.54) is 29.5 Å². The number of thioether (sulfide) groups is 1. The number of fused-ring (bicyclic) bond motifs is 1. The van der Waals surface area contributed by atoms with Crippen LogP contribution in [-0.2, 0) is 22.5 Å². The molecular weight excluding hydrogens is 432 g/mol. The van der Waals surface area contributed by atoms with Gasteiger partial charge in [-0.15, -0.1) is 21.5 Å². The number of amides is 1. The van der Waals surface area contributed by atoms with Crippen molar-refractivity contribution in [3.8, 4) is 11.1 Å². The van der Waals surface area contributed by atoms with Crippen LogP contribution in [0.5, 0.6) is 0 Å². The Morgan fingerprint density at radius 1 is 1.19 bits per heavy atom. The Balaban J connectivity index is 1.49. The quantitative estimate of drug-likeness (QED) is 0.412. The number of thiophene rings is 1. The molecule has 4 rings (SSSR count). The monoisotopic (exact) mass is 456 g/mol. The summed E-state index contributed by atoms with van der Waals surface area (Å²) in [4.78, 5) is 25.3. The molecule has 2 aromatic heterocycles. The summed E-state index contributed by atoms with van der Waals surface area (Å²) in [5.74, 6) is 0.561. The first-order valence-corrected chi connectivity index (χ1v) is 12.2. The van der Waals surface area contributed by atoms with Crippen LogP contribution in [0, 0.1) is 0 Å². The Morgan fingerprint density at radius 2 is 2.03 bits per heavy atom. The number of rotatable bonds is 7. The van der Waals surface area contributed by atoms with E-state index in [2.05, 4.69) is 20.1 Å². The second-order valence-corrected chi connectivity index (χ2v) is 8.96. The second-order valence-electron chi connectivity index (χ2n) is 7.14. The van der Waals surface area contributed by atoms with Gasteiger partial charge in [0.2, 0.25) is 5.91 Å². The van der Waals surface area contributed by atoms with Crippen molar-refractivity contribution in [2.75, 3.05) is 17.7 Å². The number of aromatic nitrogens is 3. The molecule has 3 heterocycles. The van der Waals surface area contributed by atoms with Crippen molar-refractivity contribution in [1.82, 2.24) is 14.8 Å². The molecule has 7 nitrogen and oxygen atoms in total. The lowest BCUT2D eigenvalue weighted by Crippen LogP contribution is -2.17. The molecule has 1 amide bonds. The van der Waals surface area contributed by atoms with Gasteiger partial charge in [0.15, 0.2) is 5.16 Å². The van der Waals surface area contributed by atoms with Crippen molar-refractivity contribution in [1.29, 1.82) is 0 Å². The molecule has 31 heavy (non-hydrogen) atoms. The van der Waals surface area contributed by atoms with Crippen molar-refractivity contribution in [2.24, 2.45) is 0 Å². The molecule has 1 aliphatic rings. The van der Waals surface area contributed by atoms with Gasteiger partial charge in [-0.3, -0.25) is 4.79 Å². The van der Waals surface area contributed by atoms with Gasteiger partial charge in [0.05, 0.1) is 12.4 Å². The van der Waals surface area contributed by atoms with Crippen LogP contribution < -0.4 is 5.32 Å². The summed E-state index contributed by atoms with van der Waals surface area (Å²) in [5, 5.41) is 14.6. The van der Waals surface area contributed by atoms with E-state index in [1.54, 1.807) is 6.92 Å². The van der Waals surface area contributed by atoms with Gasteiger partial charge in [-0.2, -0.15) is 0 Å². The summed E-state index contributed by atoms with van der Waals surface area (Å²) in [6.45, 7) is 2.93. The van der Waals surface area contributed by atoms with Crippen LogP contribution in [0.1, 0.15) is 42.4 Å². The maximum absolute atomic E-state index is 12.7. The molecule has 1 aromatic carbocycles. The van der Waals surface area contributed by atoms with Crippen LogP contribution in [0.3, 0.4) is 0 Å². The van der Waals surface area contributed by atoms with E-state index in [0.717, 1.165) is 47.9 Å². The first-order valence-electron chi connectivity index (χ1n) is 10.4. The fourth-order valence-electron chi connectivity index (χ4n) is 3.54. The highest BCUT2D eigenvalue weighted by Gasteiger charge is 2.23. The summed E-state index contributed by atoms with van der Waals surface area (Å²) < 4.78 is 7.37. The van der Waals surface area contributed by atoms with Crippen LogP contribution >= 0.6 is 23.1 Å². The third kappa shape index (κ3) is 4.99. The minimum atomic E-state index is -0.437. The number of hydrogen-bond acceptors (Lipinski definition) is 7. The summed E-state index contributed by atoms with van der Waals surface area (Å²) in [7, 11) is 0. The molecule has 0 saturated heterocycles. The number of carbonyl (C=O) groups is 2. The summed E-state index contributed by atoms with van der Waals surface area (Å²) >= 11 is 2.70.